The lowest BCUT2D eigenvalue weighted by Gasteiger charge is -2.30. The lowest BCUT2D eigenvalue weighted by atomic mass is 10.0. The maximum Gasteiger partial charge on any atom is 0.305 e. The van der Waals surface area contributed by atoms with Gasteiger partial charge in [0.05, 0.1) is 38.1 Å². The van der Waals surface area contributed by atoms with Crippen LogP contribution in [0.2, 0.25) is 10.0 Å². The van der Waals surface area contributed by atoms with E-state index in [1.54, 1.807) is 6.92 Å². The minimum atomic E-state index is -4.50. The zero-order valence-corrected chi connectivity index (χ0v) is 23.5. The molecule has 3 rings (SSSR count). The molecule has 2 unspecified atom stereocenters. The highest BCUT2D eigenvalue weighted by Crippen LogP contribution is 2.31. The molecule has 2 aromatic rings. The van der Waals surface area contributed by atoms with Gasteiger partial charge in [0.1, 0.15) is 0 Å². The average molecular weight is 623 g/mol. The minimum Gasteiger partial charge on any atom is -0.481 e. The van der Waals surface area contributed by atoms with Gasteiger partial charge in [0.15, 0.2) is 6.17 Å². The number of carboxylic acids is 1. The first-order chi connectivity index (χ1) is 18.2. The number of sulfonamides is 2. The van der Waals surface area contributed by atoms with Crippen molar-refractivity contribution in [3.05, 3.63) is 68.2 Å². The Hall–Kier alpha value is -2.82. The van der Waals surface area contributed by atoms with Crippen LogP contribution in [0.25, 0.3) is 0 Å². The number of carboxylic acid groups (broad SMARTS) is 1. The summed E-state index contributed by atoms with van der Waals surface area (Å²) in [7, 11) is -8.63. The Bertz CT molecular complexity index is 1500. The van der Waals surface area contributed by atoms with E-state index in [2.05, 4.69) is 5.32 Å². The van der Waals surface area contributed by atoms with Gasteiger partial charge in [-0.15, -0.1) is 0 Å². The number of nitrogens with one attached hydrogen (secondary N) is 1. The molecule has 13 nitrogen and oxygen atoms in total. The molecule has 2 atom stereocenters. The Kier molecular flexibility index (Phi) is 9.56. The van der Waals surface area contributed by atoms with Gasteiger partial charge in [-0.25, -0.2) is 16.8 Å². The van der Waals surface area contributed by atoms with Crippen LogP contribution in [0.1, 0.15) is 31.4 Å². The summed E-state index contributed by atoms with van der Waals surface area (Å²) >= 11 is 11.9. The number of hydrogen-bond donors (Lipinski definition) is 2. The lowest BCUT2D eigenvalue weighted by Crippen LogP contribution is -2.54. The zero-order chi connectivity index (χ0) is 29.1. The summed E-state index contributed by atoms with van der Waals surface area (Å²) in [6.45, 7) is 0.865. The third-order valence-corrected chi connectivity index (χ3v) is 10.4. The van der Waals surface area contributed by atoms with Crippen molar-refractivity contribution in [3.8, 4) is 0 Å². The van der Waals surface area contributed by atoms with Gasteiger partial charge >= 0.3 is 5.97 Å². The number of aliphatic carboxylic acids is 1. The first-order valence-electron chi connectivity index (χ1n) is 11.4. The molecular formula is C22H24Cl2N4O9S2. The van der Waals surface area contributed by atoms with Gasteiger partial charge in [0, 0.05) is 25.2 Å². The molecular weight excluding hydrogens is 599 g/mol. The second kappa shape index (κ2) is 12.1. The van der Waals surface area contributed by atoms with E-state index in [-0.39, 0.29) is 51.5 Å². The minimum absolute atomic E-state index is 0.0554. The van der Waals surface area contributed by atoms with Crippen LogP contribution >= 0.6 is 23.2 Å². The summed E-state index contributed by atoms with van der Waals surface area (Å²) < 4.78 is 54.6. The van der Waals surface area contributed by atoms with Crippen molar-refractivity contribution in [1.82, 2.24) is 13.9 Å². The smallest absolute Gasteiger partial charge is 0.305 e. The molecule has 1 aliphatic heterocycles. The topological polar surface area (TPSA) is 184 Å². The molecule has 0 aromatic heterocycles. The van der Waals surface area contributed by atoms with Crippen LogP contribution < -0.4 is 5.32 Å². The van der Waals surface area contributed by atoms with E-state index in [1.807, 2.05) is 0 Å². The molecule has 39 heavy (non-hydrogen) atoms. The molecule has 1 fully saturated rings. The molecule has 0 radical (unpaired) electrons. The summed E-state index contributed by atoms with van der Waals surface area (Å²) in [6.07, 6.45) is -2.45. The predicted molar refractivity (Wildman–Crippen MR) is 141 cm³/mol. The molecule has 0 bridgehead atoms. The number of nitro groups is 1. The molecule has 1 heterocycles. The first kappa shape index (κ1) is 30.7. The van der Waals surface area contributed by atoms with Gasteiger partial charge in [0.25, 0.3) is 11.6 Å². The summed E-state index contributed by atoms with van der Waals surface area (Å²) in [5.41, 5.74) is -0.311. The molecule has 0 saturated carbocycles. The second-order valence-corrected chi connectivity index (χ2v) is 13.2. The highest BCUT2D eigenvalue weighted by atomic mass is 35.5. The van der Waals surface area contributed by atoms with E-state index in [9.17, 15) is 41.6 Å². The molecule has 0 aliphatic carbocycles. The first-order valence-corrected chi connectivity index (χ1v) is 15.2. The van der Waals surface area contributed by atoms with Crippen LogP contribution in [-0.4, -0.2) is 72.4 Å². The maximum atomic E-state index is 13.6. The number of nitro benzene ring substituents is 1. The molecule has 2 aromatic carbocycles. The molecule has 0 spiro atoms. The van der Waals surface area contributed by atoms with Crippen LogP contribution in [-0.2, 0) is 29.6 Å². The van der Waals surface area contributed by atoms with Gasteiger partial charge in [-0.05, 0) is 30.2 Å². The summed E-state index contributed by atoms with van der Waals surface area (Å²) in [4.78, 5) is 35.3. The number of carbonyl (C=O) groups is 2. The lowest BCUT2D eigenvalue weighted by molar-refractivity contribution is -0.384. The van der Waals surface area contributed by atoms with Crippen LogP contribution in [0.15, 0.2) is 47.4 Å². The van der Waals surface area contributed by atoms with Crippen molar-refractivity contribution in [1.29, 1.82) is 0 Å². The Morgan fingerprint density at radius 3 is 2.36 bits per heavy atom. The largest absolute Gasteiger partial charge is 0.481 e. The Morgan fingerprint density at radius 1 is 1.10 bits per heavy atom. The molecule has 1 aliphatic rings. The summed E-state index contributed by atoms with van der Waals surface area (Å²) in [5.74, 6) is -2.87. The van der Waals surface area contributed by atoms with Crippen molar-refractivity contribution in [2.45, 2.75) is 36.9 Å². The number of carbonyl (C=O) groups excluding carboxylic acids is 1. The monoisotopic (exact) mass is 622 g/mol. The molecule has 1 saturated heterocycles. The fraction of sp³-hybridized carbons (Fsp3) is 0.364. The molecule has 2 N–H and O–H groups in total. The highest BCUT2D eigenvalue weighted by molar-refractivity contribution is 7.90. The van der Waals surface area contributed by atoms with E-state index in [4.69, 9.17) is 23.2 Å². The van der Waals surface area contributed by atoms with Gasteiger partial charge in [-0.2, -0.15) is 8.61 Å². The molecule has 212 valence electrons. The number of amides is 1. The highest BCUT2D eigenvalue weighted by Gasteiger charge is 2.49. The van der Waals surface area contributed by atoms with Crippen molar-refractivity contribution >= 4 is 60.8 Å². The molecule has 1 amide bonds. The number of benzene rings is 2. The summed E-state index contributed by atoms with van der Waals surface area (Å²) in [6, 6.07) is 6.99. The van der Waals surface area contributed by atoms with E-state index in [0.717, 1.165) is 22.5 Å². The van der Waals surface area contributed by atoms with Crippen molar-refractivity contribution < 1.29 is 36.5 Å². The quantitative estimate of drug-likeness (QED) is 0.281. The van der Waals surface area contributed by atoms with Crippen molar-refractivity contribution in [2.75, 3.05) is 18.8 Å². The van der Waals surface area contributed by atoms with Crippen LogP contribution in [0.5, 0.6) is 0 Å². The van der Waals surface area contributed by atoms with E-state index >= 15 is 0 Å². The van der Waals surface area contributed by atoms with Gasteiger partial charge in [0.2, 0.25) is 20.0 Å². The fourth-order valence-electron chi connectivity index (χ4n) is 4.07. The second-order valence-electron chi connectivity index (χ2n) is 8.50. The number of non-ortho nitro benzene ring substituents is 1. The number of rotatable bonds is 11. The van der Waals surface area contributed by atoms with E-state index in [0.29, 0.717) is 4.31 Å². The fourth-order valence-corrected chi connectivity index (χ4v) is 7.68. The number of hydrogen-bond acceptors (Lipinski definition) is 8. The van der Waals surface area contributed by atoms with Crippen LogP contribution in [0, 0.1) is 10.1 Å². The predicted octanol–water partition coefficient (Wildman–Crippen LogP) is 2.61. The van der Waals surface area contributed by atoms with E-state index < -0.39 is 55.5 Å². The standard InChI is InChI=1S/C22H24Cl2N4O9S2/c1-2-10-38(34,35)26-8-9-27(39(36,37)16-6-7-17(23)18(24)12-16)22(26)21(31)25-19(13-20(29)30)14-4-3-5-15(11-14)28(32)33/h3-7,11-12,19,22H,2,8-10,13H2,1H3,(H,25,31)(H,29,30). The van der Waals surface area contributed by atoms with Gasteiger partial charge < -0.3 is 10.4 Å². The third kappa shape index (κ3) is 6.85. The van der Waals surface area contributed by atoms with E-state index in [1.165, 1.54) is 24.3 Å². The Morgan fingerprint density at radius 2 is 1.77 bits per heavy atom. The van der Waals surface area contributed by atoms with Crippen molar-refractivity contribution in [3.63, 3.8) is 0 Å². The SMILES string of the molecule is CCCS(=O)(=O)N1CCN(S(=O)(=O)c2ccc(Cl)c(Cl)c2)C1C(=O)NC(CC(=O)O)c1cccc([N+](=O)[O-])c1. The van der Waals surface area contributed by atoms with Gasteiger partial charge in [-0.3, -0.25) is 19.7 Å². The summed E-state index contributed by atoms with van der Waals surface area (Å²) in [5, 5.41) is 23.0. The normalized spacial score (nSPS) is 17.6. The third-order valence-electron chi connectivity index (χ3n) is 5.82. The Labute approximate surface area is 234 Å². The van der Waals surface area contributed by atoms with Crippen LogP contribution in [0.3, 0.4) is 0 Å². The van der Waals surface area contributed by atoms with Gasteiger partial charge in [-0.1, -0.05) is 42.3 Å². The number of halogens is 2. The molecule has 17 heteroatoms. The zero-order valence-electron chi connectivity index (χ0n) is 20.4. The average Bonchev–Trinajstić information content (AvgIpc) is 3.32. The number of nitrogens with zero attached hydrogens (tertiary/aromatic N) is 3. The van der Waals surface area contributed by atoms with Crippen LogP contribution in [0.4, 0.5) is 5.69 Å². The Balaban J connectivity index is 2.07. The van der Waals surface area contributed by atoms with Crippen molar-refractivity contribution in [2.24, 2.45) is 0 Å². The maximum absolute atomic E-state index is 13.6.